The number of benzene rings is 2. The average Bonchev–Trinajstić information content (AvgIpc) is 2.97. The highest BCUT2D eigenvalue weighted by molar-refractivity contribution is 6.30. The van der Waals surface area contributed by atoms with Crippen molar-refractivity contribution in [3.05, 3.63) is 47.5 Å². The lowest BCUT2D eigenvalue weighted by Crippen LogP contribution is -1.84. The Labute approximate surface area is 125 Å². The van der Waals surface area contributed by atoms with Crippen molar-refractivity contribution >= 4 is 11.6 Å². The highest BCUT2D eigenvalue weighted by atomic mass is 35.5. The third kappa shape index (κ3) is 2.68. The molecule has 0 atom stereocenters. The zero-order chi connectivity index (χ0) is 14.8. The monoisotopic (exact) mass is 302 g/mol. The van der Waals surface area contributed by atoms with Crippen LogP contribution >= 0.6 is 11.6 Å². The van der Waals surface area contributed by atoms with E-state index in [2.05, 4.69) is 10.1 Å². The predicted octanol–water partition coefficient (Wildman–Crippen LogP) is 3.77. The SMILES string of the molecule is COc1ccc(-c2noc(-c3ccc(Cl)cc3O)n2)cc1. The minimum Gasteiger partial charge on any atom is -0.507 e. The number of methoxy groups -OCH3 is 1. The molecule has 0 radical (unpaired) electrons. The van der Waals surface area contributed by atoms with Crippen molar-refractivity contribution in [2.24, 2.45) is 0 Å². The minimum absolute atomic E-state index is 0.00701. The van der Waals surface area contributed by atoms with Crippen LogP contribution in [0.2, 0.25) is 5.02 Å². The Balaban J connectivity index is 1.95. The van der Waals surface area contributed by atoms with Crippen molar-refractivity contribution in [2.75, 3.05) is 7.11 Å². The van der Waals surface area contributed by atoms with Gasteiger partial charge in [-0.2, -0.15) is 4.98 Å². The fraction of sp³-hybridized carbons (Fsp3) is 0.0667. The molecule has 0 unspecified atom stereocenters. The van der Waals surface area contributed by atoms with E-state index >= 15 is 0 Å². The number of rotatable bonds is 3. The molecule has 0 aliphatic heterocycles. The normalized spacial score (nSPS) is 10.6. The van der Waals surface area contributed by atoms with Gasteiger partial charge in [0.1, 0.15) is 11.5 Å². The van der Waals surface area contributed by atoms with Gasteiger partial charge in [-0.05, 0) is 42.5 Å². The van der Waals surface area contributed by atoms with Crippen LogP contribution in [0.1, 0.15) is 0 Å². The van der Waals surface area contributed by atoms with E-state index in [1.165, 1.54) is 6.07 Å². The van der Waals surface area contributed by atoms with Gasteiger partial charge in [-0.15, -0.1) is 0 Å². The van der Waals surface area contributed by atoms with Crippen molar-refractivity contribution < 1.29 is 14.4 Å². The molecule has 5 nitrogen and oxygen atoms in total. The molecule has 0 fully saturated rings. The molecule has 3 aromatic rings. The van der Waals surface area contributed by atoms with Crippen LogP contribution in [-0.4, -0.2) is 22.4 Å². The van der Waals surface area contributed by atoms with Gasteiger partial charge in [0, 0.05) is 10.6 Å². The molecule has 21 heavy (non-hydrogen) atoms. The first kappa shape index (κ1) is 13.5. The third-order valence-corrected chi connectivity index (χ3v) is 3.20. The van der Waals surface area contributed by atoms with Crippen molar-refractivity contribution in [3.8, 4) is 34.3 Å². The standard InChI is InChI=1S/C15H11ClN2O3/c1-20-11-5-2-9(3-6-11)14-17-15(21-18-14)12-7-4-10(16)8-13(12)19/h2-8,19H,1H3. The van der Waals surface area contributed by atoms with Crippen LogP contribution in [0.5, 0.6) is 11.5 Å². The first-order valence-electron chi connectivity index (χ1n) is 6.14. The Morgan fingerprint density at radius 1 is 1.14 bits per heavy atom. The van der Waals surface area contributed by atoms with E-state index in [9.17, 15) is 5.11 Å². The Hall–Kier alpha value is -2.53. The highest BCUT2D eigenvalue weighted by Crippen LogP contribution is 2.31. The van der Waals surface area contributed by atoms with Gasteiger partial charge >= 0.3 is 0 Å². The van der Waals surface area contributed by atoms with Crippen molar-refractivity contribution in [1.82, 2.24) is 10.1 Å². The van der Waals surface area contributed by atoms with Gasteiger partial charge in [-0.25, -0.2) is 0 Å². The lowest BCUT2D eigenvalue weighted by Gasteiger charge is -1.99. The summed E-state index contributed by atoms with van der Waals surface area (Å²) in [5.41, 5.74) is 1.23. The molecule has 0 saturated heterocycles. The Kier molecular flexibility index (Phi) is 3.50. The Bertz CT molecular complexity index is 769. The largest absolute Gasteiger partial charge is 0.507 e. The molecule has 6 heteroatoms. The maximum atomic E-state index is 9.86. The molecule has 106 valence electrons. The topological polar surface area (TPSA) is 68.4 Å². The zero-order valence-corrected chi connectivity index (χ0v) is 11.8. The van der Waals surface area contributed by atoms with Gasteiger partial charge in [0.05, 0.1) is 12.7 Å². The summed E-state index contributed by atoms with van der Waals surface area (Å²) < 4.78 is 10.3. The summed E-state index contributed by atoms with van der Waals surface area (Å²) in [5, 5.41) is 14.2. The fourth-order valence-corrected chi connectivity index (χ4v) is 2.04. The fourth-order valence-electron chi connectivity index (χ4n) is 1.88. The smallest absolute Gasteiger partial charge is 0.261 e. The molecular weight excluding hydrogens is 292 g/mol. The van der Waals surface area contributed by atoms with Gasteiger partial charge < -0.3 is 14.4 Å². The summed E-state index contributed by atoms with van der Waals surface area (Å²) in [4.78, 5) is 4.28. The second-order valence-electron chi connectivity index (χ2n) is 4.31. The summed E-state index contributed by atoms with van der Waals surface area (Å²) in [7, 11) is 1.60. The molecule has 0 amide bonds. The first-order valence-corrected chi connectivity index (χ1v) is 6.52. The van der Waals surface area contributed by atoms with Crippen LogP contribution in [0.25, 0.3) is 22.8 Å². The lowest BCUT2D eigenvalue weighted by atomic mass is 10.2. The summed E-state index contributed by atoms with van der Waals surface area (Å²) in [6, 6.07) is 12.0. The molecule has 1 N–H and O–H groups in total. The van der Waals surface area contributed by atoms with Gasteiger partial charge in [0.15, 0.2) is 0 Å². The molecular formula is C15H11ClN2O3. The van der Waals surface area contributed by atoms with E-state index in [1.54, 1.807) is 19.2 Å². The predicted molar refractivity (Wildman–Crippen MR) is 78.4 cm³/mol. The van der Waals surface area contributed by atoms with E-state index in [1.807, 2.05) is 24.3 Å². The number of phenols is 1. The van der Waals surface area contributed by atoms with Crippen molar-refractivity contribution in [3.63, 3.8) is 0 Å². The summed E-state index contributed by atoms with van der Waals surface area (Å²) >= 11 is 5.80. The maximum Gasteiger partial charge on any atom is 0.261 e. The molecule has 0 saturated carbocycles. The Morgan fingerprint density at radius 2 is 1.90 bits per heavy atom. The maximum absolute atomic E-state index is 9.86. The molecule has 1 heterocycles. The highest BCUT2D eigenvalue weighted by Gasteiger charge is 2.14. The zero-order valence-electron chi connectivity index (χ0n) is 11.1. The number of ether oxygens (including phenoxy) is 1. The van der Waals surface area contributed by atoms with E-state index in [0.717, 1.165) is 11.3 Å². The van der Waals surface area contributed by atoms with Crippen LogP contribution in [0, 0.1) is 0 Å². The molecule has 0 spiro atoms. The van der Waals surface area contributed by atoms with Crippen LogP contribution in [0.15, 0.2) is 47.0 Å². The van der Waals surface area contributed by atoms with Gasteiger partial charge in [0.25, 0.3) is 5.89 Å². The first-order chi connectivity index (χ1) is 10.2. The number of phenolic OH excluding ortho intramolecular Hbond substituents is 1. The van der Waals surface area contributed by atoms with Gasteiger partial charge in [-0.3, -0.25) is 0 Å². The van der Waals surface area contributed by atoms with Crippen molar-refractivity contribution in [1.29, 1.82) is 0 Å². The van der Waals surface area contributed by atoms with Crippen LogP contribution in [-0.2, 0) is 0 Å². The number of aromatic nitrogens is 2. The number of hydrogen-bond donors (Lipinski definition) is 1. The second kappa shape index (κ2) is 5.46. The molecule has 2 aromatic carbocycles. The number of hydrogen-bond acceptors (Lipinski definition) is 5. The lowest BCUT2D eigenvalue weighted by molar-refractivity contribution is 0.414. The summed E-state index contributed by atoms with van der Waals surface area (Å²) in [5.74, 6) is 1.40. The molecule has 3 rings (SSSR count). The van der Waals surface area contributed by atoms with Gasteiger partial charge in [-0.1, -0.05) is 16.8 Å². The molecule has 0 aliphatic carbocycles. The molecule has 0 bridgehead atoms. The number of aromatic hydroxyl groups is 1. The van der Waals surface area contributed by atoms with E-state index in [-0.39, 0.29) is 11.6 Å². The quantitative estimate of drug-likeness (QED) is 0.797. The number of halogens is 1. The second-order valence-corrected chi connectivity index (χ2v) is 4.75. The van der Waals surface area contributed by atoms with Crippen LogP contribution in [0.3, 0.4) is 0 Å². The van der Waals surface area contributed by atoms with Crippen LogP contribution in [0.4, 0.5) is 0 Å². The summed E-state index contributed by atoms with van der Waals surface area (Å²) in [6.07, 6.45) is 0. The Morgan fingerprint density at radius 3 is 2.57 bits per heavy atom. The average molecular weight is 303 g/mol. The summed E-state index contributed by atoms with van der Waals surface area (Å²) in [6.45, 7) is 0. The van der Waals surface area contributed by atoms with Crippen LogP contribution < -0.4 is 4.74 Å². The van der Waals surface area contributed by atoms with E-state index < -0.39 is 0 Å². The third-order valence-electron chi connectivity index (χ3n) is 2.96. The number of nitrogens with zero attached hydrogens (tertiary/aromatic N) is 2. The van der Waals surface area contributed by atoms with E-state index in [0.29, 0.717) is 16.4 Å². The van der Waals surface area contributed by atoms with E-state index in [4.69, 9.17) is 20.9 Å². The van der Waals surface area contributed by atoms with Gasteiger partial charge in [0.2, 0.25) is 5.82 Å². The van der Waals surface area contributed by atoms with Crippen molar-refractivity contribution in [2.45, 2.75) is 0 Å². The molecule has 1 aromatic heterocycles. The molecule has 0 aliphatic rings. The minimum atomic E-state index is -0.00701.